The maximum atomic E-state index is 11.8. The van der Waals surface area contributed by atoms with Crippen molar-refractivity contribution in [1.29, 1.82) is 0 Å². The highest BCUT2D eigenvalue weighted by molar-refractivity contribution is 7.89. The third kappa shape index (κ3) is 3.55. The summed E-state index contributed by atoms with van der Waals surface area (Å²) < 4.78 is 26.3. The maximum absolute atomic E-state index is 11.8. The number of H-pyrrole nitrogens is 1. The summed E-state index contributed by atoms with van der Waals surface area (Å²) in [4.78, 5) is 3.10. The molecular weight excluding hydrogens is 238 g/mol. The van der Waals surface area contributed by atoms with Gasteiger partial charge in [0.1, 0.15) is 0 Å². The Bertz CT molecular complexity index is 463. The van der Waals surface area contributed by atoms with Gasteiger partial charge in [0.25, 0.3) is 0 Å². The summed E-state index contributed by atoms with van der Waals surface area (Å²) in [5.74, 6) is 0.843. The van der Waals surface area contributed by atoms with E-state index in [0.717, 1.165) is 24.5 Å². The molecule has 0 aliphatic heterocycles. The minimum Gasteiger partial charge on any atom is -0.363 e. The SMILES string of the molecule is NCc1cc(S(=O)(=O)NCCCC2CC2)c[nH]1. The van der Waals surface area contributed by atoms with Gasteiger partial charge in [-0.15, -0.1) is 0 Å². The van der Waals surface area contributed by atoms with Crippen molar-refractivity contribution in [2.24, 2.45) is 11.7 Å². The van der Waals surface area contributed by atoms with Crippen molar-refractivity contribution in [1.82, 2.24) is 9.71 Å². The summed E-state index contributed by atoms with van der Waals surface area (Å²) in [6, 6.07) is 1.57. The molecule has 1 saturated carbocycles. The molecule has 0 spiro atoms. The molecule has 4 N–H and O–H groups in total. The second kappa shape index (κ2) is 5.20. The Morgan fingerprint density at radius 3 is 2.82 bits per heavy atom. The molecule has 1 fully saturated rings. The van der Waals surface area contributed by atoms with Crippen molar-refractivity contribution < 1.29 is 8.42 Å². The van der Waals surface area contributed by atoms with Crippen molar-refractivity contribution in [2.45, 2.75) is 37.1 Å². The van der Waals surface area contributed by atoms with Gasteiger partial charge >= 0.3 is 0 Å². The van der Waals surface area contributed by atoms with Crippen LogP contribution in [0.4, 0.5) is 0 Å². The van der Waals surface area contributed by atoms with E-state index in [1.165, 1.54) is 19.0 Å². The third-order valence-electron chi connectivity index (χ3n) is 3.02. The maximum Gasteiger partial charge on any atom is 0.242 e. The fourth-order valence-electron chi connectivity index (χ4n) is 1.78. The molecule has 1 aromatic heterocycles. The van der Waals surface area contributed by atoms with E-state index in [2.05, 4.69) is 9.71 Å². The molecule has 1 aliphatic carbocycles. The Morgan fingerprint density at radius 2 is 2.24 bits per heavy atom. The Hall–Kier alpha value is -0.850. The highest BCUT2D eigenvalue weighted by Gasteiger charge is 2.21. The van der Waals surface area contributed by atoms with Gasteiger partial charge in [0, 0.05) is 25.0 Å². The van der Waals surface area contributed by atoms with Crippen LogP contribution in [0.1, 0.15) is 31.4 Å². The van der Waals surface area contributed by atoms with Gasteiger partial charge in [-0.25, -0.2) is 13.1 Å². The summed E-state index contributed by atoms with van der Waals surface area (Å²) in [6.07, 6.45) is 6.14. The molecule has 5 nitrogen and oxygen atoms in total. The lowest BCUT2D eigenvalue weighted by Gasteiger charge is -2.04. The monoisotopic (exact) mass is 257 g/mol. The van der Waals surface area contributed by atoms with Crippen LogP contribution >= 0.6 is 0 Å². The molecule has 1 aliphatic rings. The van der Waals surface area contributed by atoms with Gasteiger partial charge in [0.05, 0.1) is 4.90 Å². The molecule has 0 amide bonds. The number of hydrogen-bond donors (Lipinski definition) is 3. The number of sulfonamides is 1. The Morgan fingerprint density at radius 1 is 1.47 bits per heavy atom. The van der Waals surface area contributed by atoms with Gasteiger partial charge in [-0.1, -0.05) is 12.8 Å². The first-order chi connectivity index (χ1) is 8.12. The molecule has 0 saturated heterocycles. The molecule has 0 atom stereocenters. The molecule has 0 bridgehead atoms. The molecule has 17 heavy (non-hydrogen) atoms. The zero-order chi connectivity index (χ0) is 12.3. The highest BCUT2D eigenvalue weighted by atomic mass is 32.2. The van der Waals surface area contributed by atoms with Crippen molar-refractivity contribution >= 4 is 10.0 Å². The van der Waals surface area contributed by atoms with Crippen LogP contribution in [0.3, 0.4) is 0 Å². The van der Waals surface area contributed by atoms with Gasteiger partial charge in [-0.2, -0.15) is 0 Å². The van der Waals surface area contributed by atoms with Crippen LogP contribution in [0.15, 0.2) is 17.2 Å². The number of nitrogens with two attached hydrogens (primary N) is 1. The second-order valence-corrected chi connectivity index (χ2v) is 6.32. The first-order valence-corrected chi connectivity index (χ1v) is 7.47. The molecule has 96 valence electrons. The van der Waals surface area contributed by atoms with Gasteiger partial charge in [0.2, 0.25) is 10.0 Å². The smallest absolute Gasteiger partial charge is 0.242 e. The molecule has 0 unspecified atom stereocenters. The van der Waals surface area contributed by atoms with E-state index >= 15 is 0 Å². The van der Waals surface area contributed by atoms with E-state index < -0.39 is 10.0 Å². The molecule has 6 heteroatoms. The van der Waals surface area contributed by atoms with Crippen molar-refractivity contribution in [3.05, 3.63) is 18.0 Å². The molecule has 0 aromatic carbocycles. The number of hydrogen-bond acceptors (Lipinski definition) is 3. The van der Waals surface area contributed by atoms with E-state index in [-0.39, 0.29) is 4.90 Å². The van der Waals surface area contributed by atoms with Gasteiger partial charge < -0.3 is 10.7 Å². The predicted octanol–water partition coefficient (Wildman–Crippen LogP) is 0.942. The molecular formula is C11H19N3O2S. The average molecular weight is 257 g/mol. The first kappa shape index (κ1) is 12.6. The fraction of sp³-hybridized carbons (Fsp3) is 0.636. The van der Waals surface area contributed by atoms with E-state index in [1.807, 2.05) is 0 Å². The quantitative estimate of drug-likeness (QED) is 0.635. The van der Waals surface area contributed by atoms with Crippen LogP contribution in [0.25, 0.3) is 0 Å². The van der Waals surface area contributed by atoms with Crippen LogP contribution in [0.5, 0.6) is 0 Å². The van der Waals surface area contributed by atoms with Crippen LogP contribution in [0, 0.1) is 5.92 Å². The molecule has 1 heterocycles. The van der Waals surface area contributed by atoms with Crippen molar-refractivity contribution in [3.8, 4) is 0 Å². The van der Waals surface area contributed by atoms with E-state index in [0.29, 0.717) is 13.1 Å². The molecule has 1 aromatic rings. The number of rotatable bonds is 7. The Labute approximate surface area is 102 Å². The van der Waals surface area contributed by atoms with Crippen molar-refractivity contribution in [3.63, 3.8) is 0 Å². The van der Waals surface area contributed by atoms with Crippen LogP contribution in [0.2, 0.25) is 0 Å². The molecule has 0 radical (unpaired) electrons. The summed E-state index contributed by atoms with van der Waals surface area (Å²) in [7, 11) is -3.36. The normalized spacial score (nSPS) is 16.3. The topological polar surface area (TPSA) is 88.0 Å². The van der Waals surface area contributed by atoms with Crippen LogP contribution in [-0.4, -0.2) is 19.9 Å². The van der Waals surface area contributed by atoms with Crippen LogP contribution < -0.4 is 10.5 Å². The summed E-state index contributed by atoms with van der Waals surface area (Å²) in [5, 5.41) is 0. The van der Waals surface area contributed by atoms with Gasteiger partial charge in [-0.3, -0.25) is 0 Å². The lowest BCUT2D eigenvalue weighted by Crippen LogP contribution is -2.24. The second-order valence-electron chi connectivity index (χ2n) is 4.55. The summed E-state index contributed by atoms with van der Waals surface area (Å²) in [6.45, 7) is 0.833. The predicted molar refractivity (Wildman–Crippen MR) is 65.8 cm³/mol. The Kier molecular flexibility index (Phi) is 3.86. The van der Waals surface area contributed by atoms with E-state index in [4.69, 9.17) is 5.73 Å². The fourth-order valence-corrected chi connectivity index (χ4v) is 2.87. The lowest BCUT2D eigenvalue weighted by atomic mass is 10.2. The third-order valence-corrected chi connectivity index (χ3v) is 4.47. The van der Waals surface area contributed by atoms with Crippen molar-refractivity contribution in [2.75, 3.05) is 6.54 Å². The minimum absolute atomic E-state index is 0.268. The highest BCUT2D eigenvalue weighted by Crippen LogP contribution is 2.33. The number of aromatic nitrogens is 1. The largest absolute Gasteiger partial charge is 0.363 e. The van der Waals surface area contributed by atoms with Crippen LogP contribution in [-0.2, 0) is 16.6 Å². The van der Waals surface area contributed by atoms with E-state index in [1.54, 1.807) is 6.07 Å². The lowest BCUT2D eigenvalue weighted by molar-refractivity contribution is 0.572. The zero-order valence-corrected chi connectivity index (χ0v) is 10.6. The van der Waals surface area contributed by atoms with Gasteiger partial charge in [-0.05, 0) is 24.8 Å². The average Bonchev–Trinajstić information content (AvgIpc) is 2.98. The first-order valence-electron chi connectivity index (χ1n) is 5.99. The standard InChI is InChI=1S/C11H19N3O2S/c12-7-10-6-11(8-13-10)17(15,16)14-5-1-2-9-3-4-9/h6,8-9,13-14H,1-5,7,12H2. The summed E-state index contributed by atoms with van der Waals surface area (Å²) >= 11 is 0. The minimum atomic E-state index is -3.36. The molecule has 2 rings (SSSR count). The summed E-state index contributed by atoms with van der Waals surface area (Å²) in [5.41, 5.74) is 6.15. The number of aromatic amines is 1. The Balaban J connectivity index is 1.84. The van der Waals surface area contributed by atoms with Gasteiger partial charge in [0.15, 0.2) is 0 Å². The zero-order valence-electron chi connectivity index (χ0n) is 9.78. The number of nitrogens with one attached hydrogen (secondary N) is 2. The van der Waals surface area contributed by atoms with E-state index in [9.17, 15) is 8.42 Å².